The Morgan fingerprint density at radius 1 is 1.62 bits per heavy atom. The van der Waals surface area contributed by atoms with Gasteiger partial charge in [0.25, 0.3) is 0 Å². The Kier molecular flexibility index (Phi) is 10.8. The second-order valence-corrected chi connectivity index (χ2v) is 0.933. The quantitative estimate of drug-likeness (QED) is 0.335. The third-order valence-electron chi connectivity index (χ3n) is 0.375. The first-order valence-electron chi connectivity index (χ1n) is 1.79. The molecule has 0 aliphatic heterocycles. The van der Waals surface area contributed by atoms with Gasteiger partial charge in [-0.3, -0.25) is 0 Å². The number of carboxylic acid groups (broad SMARTS) is 1. The van der Waals surface area contributed by atoms with Gasteiger partial charge in [-0.25, -0.2) is 4.79 Å². The van der Waals surface area contributed by atoms with Crippen molar-refractivity contribution >= 4 is 57.4 Å². The number of hydrogen-bond acceptors (Lipinski definition) is 1. The molecule has 1 N–H and O–H groups in total. The Labute approximate surface area is 90.7 Å². The molecule has 40 valence electrons. The van der Waals surface area contributed by atoms with Crippen molar-refractivity contribution in [2.45, 2.75) is 0 Å². The molecule has 3 heteroatoms. The number of hydrogen-bond donors (Lipinski definition) is 1. The Bertz CT molecular complexity index is 107. The van der Waals surface area contributed by atoms with Gasteiger partial charge in [0.05, 0.1) is 0 Å². The second kappa shape index (κ2) is 7.59. The molecule has 0 rings (SSSR count). The molecule has 0 amide bonds. The van der Waals surface area contributed by atoms with E-state index in [2.05, 4.69) is 6.58 Å². The van der Waals surface area contributed by atoms with Crippen LogP contribution in [0.4, 0.5) is 0 Å². The molecular formula is C5H7KO2. The van der Waals surface area contributed by atoms with Crippen LogP contribution < -0.4 is 0 Å². The average Bonchev–Trinajstić information content (AvgIpc) is 1.61. The molecule has 0 unspecified atom stereocenters. The van der Waals surface area contributed by atoms with Crippen LogP contribution >= 0.6 is 0 Å². The second-order valence-electron chi connectivity index (χ2n) is 0.933. The van der Waals surface area contributed by atoms with E-state index >= 15 is 0 Å². The van der Waals surface area contributed by atoms with Crippen LogP contribution in [-0.4, -0.2) is 62.5 Å². The minimum absolute atomic E-state index is 0. The van der Waals surface area contributed by atoms with Gasteiger partial charge >= 0.3 is 57.4 Å². The standard InChI is InChI=1S/C5H6O2.K.H/c1-2-3-4-5(6)7;;/h2-4H,1H2,(H,6,7);;. The molecule has 0 atom stereocenters. The molecule has 0 fully saturated rings. The Morgan fingerprint density at radius 2 is 2.12 bits per heavy atom. The summed E-state index contributed by atoms with van der Waals surface area (Å²) in [6.45, 7) is 3.28. The van der Waals surface area contributed by atoms with E-state index in [1.54, 1.807) is 0 Å². The molecule has 2 nitrogen and oxygen atoms in total. The van der Waals surface area contributed by atoms with Crippen LogP contribution in [0.15, 0.2) is 24.8 Å². The van der Waals surface area contributed by atoms with Crippen molar-refractivity contribution in [1.82, 2.24) is 0 Å². The minimum atomic E-state index is -0.945. The molecule has 0 heterocycles. The summed E-state index contributed by atoms with van der Waals surface area (Å²) in [4.78, 5) is 9.62. The molecule has 0 aromatic rings. The number of carboxylic acids is 1. The summed E-state index contributed by atoms with van der Waals surface area (Å²) < 4.78 is 0. The Morgan fingerprint density at radius 3 is 2.25 bits per heavy atom. The SMILES string of the molecule is C=CC=CC(=O)O.[KH]. The van der Waals surface area contributed by atoms with Crippen LogP contribution in [0.25, 0.3) is 0 Å². The Balaban J connectivity index is 0. The van der Waals surface area contributed by atoms with Crippen LogP contribution in [0, 0.1) is 0 Å². The summed E-state index contributed by atoms with van der Waals surface area (Å²) in [5.41, 5.74) is 0. The molecule has 0 spiro atoms. The van der Waals surface area contributed by atoms with Crippen molar-refractivity contribution in [3.63, 3.8) is 0 Å². The van der Waals surface area contributed by atoms with Gasteiger partial charge in [-0.05, 0) is 0 Å². The summed E-state index contributed by atoms with van der Waals surface area (Å²) in [5.74, 6) is -0.945. The monoisotopic (exact) mass is 138 g/mol. The maximum absolute atomic E-state index is 9.62. The zero-order valence-electron chi connectivity index (χ0n) is 3.79. The number of rotatable bonds is 2. The van der Waals surface area contributed by atoms with Crippen molar-refractivity contribution in [3.05, 3.63) is 24.8 Å². The summed E-state index contributed by atoms with van der Waals surface area (Å²) in [5, 5.41) is 7.91. The molecule has 0 saturated carbocycles. The van der Waals surface area contributed by atoms with E-state index < -0.39 is 5.97 Å². The van der Waals surface area contributed by atoms with E-state index in [0.717, 1.165) is 6.08 Å². The third kappa shape index (κ3) is 9.77. The first-order valence-corrected chi connectivity index (χ1v) is 1.79. The van der Waals surface area contributed by atoms with Gasteiger partial charge in [0, 0.05) is 6.08 Å². The van der Waals surface area contributed by atoms with E-state index in [1.165, 1.54) is 12.2 Å². The van der Waals surface area contributed by atoms with Gasteiger partial charge in [-0.2, -0.15) is 0 Å². The first kappa shape index (κ1) is 11.4. The summed E-state index contributed by atoms with van der Waals surface area (Å²) >= 11 is 0. The van der Waals surface area contributed by atoms with E-state index in [4.69, 9.17) is 5.11 Å². The van der Waals surface area contributed by atoms with Crippen molar-refractivity contribution in [2.75, 3.05) is 0 Å². The van der Waals surface area contributed by atoms with Crippen LogP contribution in [-0.2, 0) is 4.79 Å². The van der Waals surface area contributed by atoms with Crippen LogP contribution in [0.3, 0.4) is 0 Å². The zero-order chi connectivity index (χ0) is 5.70. The predicted octanol–water partition coefficient (Wildman–Crippen LogP) is 0.165. The Hall–Kier alpha value is 0.586. The van der Waals surface area contributed by atoms with E-state index in [0.29, 0.717) is 0 Å². The number of carbonyl (C=O) groups is 1. The number of aliphatic carboxylic acids is 1. The summed E-state index contributed by atoms with van der Waals surface area (Å²) in [7, 11) is 0. The molecular weight excluding hydrogens is 131 g/mol. The molecule has 0 aliphatic rings. The molecule has 0 saturated heterocycles. The normalized spacial score (nSPS) is 8.00. The number of allylic oxidation sites excluding steroid dienone is 2. The maximum atomic E-state index is 9.62. The zero-order valence-corrected chi connectivity index (χ0v) is 3.79. The van der Waals surface area contributed by atoms with Gasteiger partial charge in [-0.15, -0.1) is 0 Å². The molecule has 0 aliphatic carbocycles. The van der Waals surface area contributed by atoms with Crippen molar-refractivity contribution in [3.8, 4) is 0 Å². The van der Waals surface area contributed by atoms with Crippen LogP contribution in [0.1, 0.15) is 0 Å². The van der Waals surface area contributed by atoms with Crippen LogP contribution in [0.2, 0.25) is 0 Å². The van der Waals surface area contributed by atoms with Crippen molar-refractivity contribution < 1.29 is 9.90 Å². The van der Waals surface area contributed by atoms with Crippen LogP contribution in [0.5, 0.6) is 0 Å². The molecule has 0 aromatic heterocycles. The topological polar surface area (TPSA) is 37.3 Å². The van der Waals surface area contributed by atoms with Crippen molar-refractivity contribution in [2.24, 2.45) is 0 Å². The van der Waals surface area contributed by atoms with Gasteiger partial charge in [0.15, 0.2) is 0 Å². The first-order chi connectivity index (χ1) is 3.27. The third-order valence-corrected chi connectivity index (χ3v) is 0.375. The van der Waals surface area contributed by atoms with E-state index in [1.807, 2.05) is 0 Å². The molecule has 8 heavy (non-hydrogen) atoms. The summed E-state index contributed by atoms with van der Waals surface area (Å²) in [6.07, 6.45) is 3.80. The van der Waals surface area contributed by atoms with Gasteiger partial charge in [0.1, 0.15) is 0 Å². The fourth-order valence-corrected chi connectivity index (χ4v) is 0.150. The average molecular weight is 138 g/mol. The summed E-state index contributed by atoms with van der Waals surface area (Å²) in [6, 6.07) is 0. The van der Waals surface area contributed by atoms with Gasteiger partial charge in [0.2, 0.25) is 0 Å². The fourth-order valence-electron chi connectivity index (χ4n) is 0.150. The molecule has 0 aromatic carbocycles. The molecule has 0 radical (unpaired) electrons. The fraction of sp³-hybridized carbons (Fsp3) is 0. The molecule has 0 bridgehead atoms. The van der Waals surface area contributed by atoms with Crippen molar-refractivity contribution in [1.29, 1.82) is 0 Å². The van der Waals surface area contributed by atoms with Gasteiger partial charge in [-0.1, -0.05) is 18.7 Å². The van der Waals surface area contributed by atoms with Gasteiger partial charge < -0.3 is 5.11 Å². The van der Waals surface area contributed by atoms with E-state index in [9.17, 15) is 4.79 Å². The van der Waals surface area contributed by atoms with E-state index in [-0.39, 0.29) is 51.4 Å². The predicted molar refractivity (Wildman–Crippen MR) is 34.1 cm³/mol.